The first-order chi connectivity index (χ1) is 12.7. The summed E-state index contributed by atoms with van der Waals surface area (Å²) < 4.78 is 3.67. The largest absolute Gasteiger partial charge is 0.287 e. The lowest BCUT2D eigenvalue weighted by Gasteiger charge is -2.11. The Hall–Kier alpha value is -1.74. The molecule has 0 spiro atoms. The molecule has 138 valence electrons. The third-order valence-corrected chi connectivity index (χ3v) is 6.77. The van der Waals surface area contributed by atoms with Gasteiger partial charge in [0.25, 0.3) is 5.56 Å². The van der Waals surface area contributed by atoms with E-state index in [1.807, 2.05) is 9.25 Å². The molecule has 0 saturated carbocycles. The Balaban J connectivity index is 1.70. The van der Waals surface area contributed by atoms with Crippen molar-refractivity contribution in [2.24, 2.45) is 0 Å². The minimum Gasteiger partial charge on any atom is -0.287 e. The van der Waals surface area contributed by atoms with Crippen LogP contribution in [0.5, 0.6) is 0 Å². The van der Waals surface area contributed by atoms with Crippen LogP contribution in [0, 0.1) is 0 Å². The van der Waals surface area contributed by atoms with Gasteiger partial charge < -0.3 is 0 Å². The number of fused-ring (bicyclic) bond motifs is 3. The van der Waals surface area contributed by atoms with E-state index in [1.165, 1.54) is 10.4 Å². The molecule has 0 saturated heterocycles. The second kappa shape index (κ2) is 7.48. The van der Waals surface area contributed by atoms with E-state index in [0.29, 0.717) is 12.3 Å². The van der Waals surface area contributed by atoms with Crippen LogP contribution >= 0.6 is 23.1 Å². The fraction of sp³-hybridized carbons (Fsp3) is 0.588. The van der Waals surface area contributed by atoms with Gasteiger partial charge in [-0.15, -0.1) is 16.4 Å². The third kappa shape index (κ3) is 3.07. The maximum absolute atomic E-state index is 13.2. The lowest BCUT2D eigenvalue weighted by Crippen LogP contribution is -2.23. The molecule has 0 bridgehead atoms. The van der Waals surface area contributed by atoms with Gasteiger partial charge in [-0.25, -0.2) is 9.67 Å². The van der Waals surface area contributed by atoms with E-state index in [1.54, 1.807) is 23.1 Å². The van der Waals surface area contributed by atoms with Gasteiger partial charge in [0, 0.05) is 18.0 Å². The van der Waals surface area contributed by atoms with Crippen LogP contribution in [0.15, 0.2) is 9.95 Å². The molecule has 1 aliphatic rings. The summed E-state index contributed by atoms with van der Waals surface area (Å²) in [6, 6.07) is 0. The number of aryl methyl sites for hydroxylation is 3. The minimum absolute atomic E-state index is 0.118. The minimum atomic E-state index is 0.118. The molecule has 0 amide bonds. The number of hydrogen-bond donors (Lipinski definition) is 0. The van der Waals surface area contributed by atoms with E-state index in [4.69, 9.17) is 4.98 Å². The van der Waals surface area contributed by atoms with E-state index in [0.717, 1.165) is 59.8 Å². The Morgan fingerprint density at radius 2 is 2.04 bits per heavy atom. The summed E-state index contributed by atoms with van der Waals surface area (Å²) in [5.41, 5.74) is 1.36. The number of nitrogens with zero attached hydrogens (tertiary/aromatic N) is 6. The van der Waals surface area contributed by atoms with Crippen molar-refractivity contribution < 1.29 is 0 Å². The molecule has 3 aromatic heterocycles. The lowest BCUT2D eigenvalue weighted by atomic mass is 10.2. The van der Waals surface area contributed by atoms with Gasteiger partial charge in [0.2, 0.25) is 0 Å². The Kier molecular flexibility index (Phi) is 5.08. The van der Waals surface area contributed by atoms with Gasteiger partial charge in [0.15, 0.2) is 11.0 Å². The fourth-order valence-electron chi connectivity index (χ4n) is 3.43. The van der Waals surface area contributed by atoms with Crippen LogP contribution in [-0.4, -0.2) is 29.8 Å². The van der Waals surface area contributed by atoms with Crippen LogP contribution in [0.3, 0.4) is 0 Å². The molecular weight excluding hydrogens is 368 g/mol. The summed E-state index contributed by atoms with van der Waals surface area (Å²) in [7, 11) is 0. The second-order valence-corrected chi connectivity index (χ2v) is 8.52. The van der Waals surface area contributed by atoms with Crippen LogP contribution in [0.2, 0.25) is 0 Å². The molecule has 9 heteroatoms. The van der Waals surface area contributed by atoms with Crippen molar-refractivity contribution in [3.63, 3.8) is 0 Å². The molecule has 0 N–H and O–H groups in total. The third-order valence-electron chi connectivity index (χ3n) is 4.61. The highest BCUT2D eigenvalue weighted by Crippen LogP contribution is 2.35. The van der Waals surface area contributed by atoms with E-state index < -0.39 is 0 Å². The summed E-state index contributed by atoms with van der Waals surface area (Å²) in [5, 5.41) is 13.6. The molecule has 26 heavy (non-hydrogen) atoms. The van der Waals surface area contributed by atoms with Crippen LogP contribution in [0.25, 0.3) is 10.2 Å². The molecule has 0 fully saturated rings. The molecule has 3 aromatic rings. The maximum atomic E-state index is 13.2. The summed E-state index contributed by atoms with van der Waals surface area (Å²) in [6.07, 6.45) is 5.13. The summed E-state index contributed by atoms with van der Waals surface area (Å²) in [4.78, 5) is 20.3. The van der Waals surface area contributed by atoms with Crippen LogP contribution in [0.1, 0.15) is 49.4 Å². The summed E-state index contributed by atoms with van der Waals surface area (Å²) in [5.74, 6) is 1.43. The first kappa shape index (κ1) is 17.7. The molecule has 4 rings (SSSR count). The van der Waals surface area contributed by atoms with Gasteiger partial charge in [-0.3, -0.25) is 9.36 Å². The zero-order valence-corrected chi connectivity index (χ0v) is 16.7. The number of thioether (sulfide) groups is 1. The average molecular weight is 391 g/mol. The van der Waals surface area contributed by atoms with Crippen molar-refractivity contribution in [2.45, 2.75) is 70.0 Å². The Morgan fingerprint density at radius 1 is 1.19 bits per heavy atom. The van der Waals surface area contributed by atoms with Gasteiger partial charge >= 0.3 is 0 Å². The molecule has 0 aromatic carbocycles. The maximum Gasteiger partial charge on any atom is 0.263 e. The second-order valence-electron chi connectivity index (χ2n) is 6.50. The van der Waals surface area contributed by atoms with Crippen LogP contribution < -0.4 is 5.56 Å². The number of rotatable bonds is 7. The zero-order chi connectivity index (χ0) is 18.1. The first-order valence-electron chi connectivity index (χ1n) is 9.15. The lowest BCUT2D eigenvalue weighted by molar-refractivity contribution is 0.563. The standard InChI is InChI=1S/C17H22N6OS2/c1-3-8-22-16(24)14-11-6-5-7-12(11)26-15(14)18-17(22)25-10-13-19-20-21-23(13)9-4-2/h3-10H2,1-2H3. The van der Waals surface area contributed by atoms with Crippen molar-refractivity contribution in [3.05, 3.63) is 26.6 Å². The summed E-state index contributed by atoms with van der Waals surface area (Å²) >= 11 is 3.24. The Morgan fingerprint density at radius 3 is 2.85 bits per heavy atom. The van der Waals surface area contributed by atoms with Crippen LogP contribution in [0.4, 0.5) is 0 Å². The van der Waals surface area contributed by atoms with Gasteiger partial charge in [-0.05, 0) is 48.1 Å². The van der Waals surface area contributed by atoms with E-state index in [2.05, 4.69) is 29.4 Å². The summed E-state index contributed by atoms with van der Waals surface area (Å²) in [6.45, 7) is 5.68. The highest BCUT2D eigenvalue weighted by atomic mass is 32.2. The predicted molar refractivity (Wildman–Crippen MR) is 104 cm³/mol. The molecule has 3 heterocycles. The van der Waals surface area contributed by atoms with Crippen molar-refractivity contribution in [3.8, 4) is 0 Å². The van der Waals surface area contributed by atoms with E-state index in [-0.39, 0.29) is 5.56 Å². The number of aromatic nitrogens is 6. The fourth-order valence-corrected chi connectivity index (χ4v) is 5.69. The molecule has 1 aliphatic carbocycles. The van der Waals surface area contributed by atoms with E-state index in [9.17, 15) is 4.79 Å². The van der Waals surface area contributed by atoms with Crippen molar-refractivity contribution in [1.82, 2.24) is 29.8 Å². The first-order valence-corrected chi connectivity index (χ1v) is 11.0. The van der Waals surface area contributed by atoms with Crippen molar-refractivity contribution in [1.29, 1.82) is 0 Å². The SMILES string of the molecule is CCCn1nnnc1CSc1nc2sc3c(c2c(=O)n1CCC)CCC3. The molecular formula is C17H22N6OS2. The quantitative estimate of drug-likeness (QED) is 0.456. The molecule has 0 radical (unpaired) electrons. The molecule has 0 atom stereocenters. The molecule has 7 nitrogen and oxygen atoms in total. The van der Waals surface area contributed by atoms with Gasteiger partial charge in [0.1, 0.15) is 4.83 Å². The molecule has 0 unspecified atom stereocenters. The van der Waals surface area contributed by atoms with Crippen molar-refractivity contribution in [2.75, 3.05) is 0 Å². The average Bonchev–Trinajstić information content (AvgIpc) is 3.32. The molecule has 0 aliphatic heterocycles. The smallest absolute Gasteiger partial charge is 0.263 e. The highest BCUT2D eigenvalue weighted by Gasteiger charge is 2.23. The normalized spacial score (nSPS) is 13.6. The van der Waals surface area contributed by atoms with E-state index >= 15 is 0 Å². The number of hydrogen-bond acceptors (Lipinski definition) is 7. The number of tetrazole rings is 1. The topological polar surface area (TPSA) is 78.5 Å². The Labute approximate surface area is 159 Å². The van der Waals surface area contributed by atoms with Gasteiger partial charge in [-0.1, -0.05) is 25.6 Å². The van der Waals surface area contributed by atoms with Gasteiger partial charge in [0.05, 0.1) is 11.1 Å². The number of thiophene rings is 1. The van der Waals surface area contributed by atoms with Crippen molar-refractivity contribution >= 4 is 33.3 Å². The highest BCUT2D eigenvalue weighted by molar-refractivity contribution is 7.98. The Bertz CT molecular complexity index is 989. The zero-order valence-electron chi connectivity index (χ0n) is 15.1. The predicted octanol–water partition coefficient (Wildman–Crippen LogP) is 3.05. The van der Waals surface area contributed by atoms with Crippen LogP contribution in [-0.2, 0) is 31.7 Å². The van der Waals surface area contributed by atoms with Gasteiger partial charge in [-0.2, -0.15) is 0 Å². The monoisotopic (exact) mass is 390 g/mol.